The first-order valence-electron chi connectivity index (χ1n) is 8.21. The second-order valence-corrected chi connectivity index (χ2v) is 7.95. The molecule has 6 heteroatoms. The van der Waals surface area contributed by atoms with Gasteiger partial charge in [0, 0.05) is 36.4 Å². The molecule has 2 aliphatic heterocycles. The molecule has 0 aliphatic carbocycles. The first kappa shape index (κ1) is 17.1. The first-order valence-corrected chi connectivity index (χ1v) is 8.59. The number of piperidine rings is 1. The van der Waals surface area contributed by atoms with Crippen molar-refractivity contribution in [1.29, 1.82) is 0 Å². The third-order valence-corrected chi connectivity index (χ3v) is 5.13. The van der Waals surface area contributed by atoms with Gasteiger partial charge in [0.25, 0.3) is 0 Å². The monoisotopic (exact) mass is 350 g/mol. The van der Waals surface area contributed by atoms with Crippen LogP contribution in [-0.4, -0.2) is 42.6 Å². The number of anilines is 1. The second-order valence-electron chi connectivity index (χ2n) is 7.55. The minimum absolute atomic E-state index is 0.0643. The number of ether oxygens (including phenoxy) is 1. The minimum Gasteiger partial charge on any atom is -0.444 e. The highest BCUT2D eigenvalue weighted by atomic mass is 35.5. The highest BCUT2D eigenvalue weighted by Crippen LogP contribution is 2.50. The van der Waals surface area contributed by atoms with E-state index in [1.807, 2.05) is 39.0 Å². The lowest BCUT2D eigenvalue weighted by Gasteiger charge is -2.39. The molecule has 3 rings (SSSR count). The van der Waals surface area contributed by atoms with Gasteiger partial charge in [-0.3, -0.25) is 4.79 Å². The van der Waals surface area contributed by atoms with Gasteiger partial charge in [0.2, 0.25) is 5.91 Å². The minimum atomic E-state index is -0.624. The maximum atomic E-state index is 12.9. The SMILES string of the molecule is CN1C(=O)C2(CCN(C(=O)OC(C)(C)C)CC2)c2c(Cl)cccc21. The lowest BCUT2D eigenvalue weighted by molar-refractivity contribution is -0.124. The van der Waals surface area contributed by atoms with Gasteiger partial charge >= 0.3 is 6.09 Å². The van der Waals surface area contributed by atoms with Crippen molar-refractivity contribution in [3.63, 3.8) is 0 Å². The number of benzene rings is 1. The van der Waals surface area contributed by atoms with Gasteiger partial charge in [-0.15, -0.1) is 0 Å². The number of nitrogens with zero attached hydrogens (tertiary/aromatic N) is 2. The second kappa shape index (κ2) is 5.66. The van der Waals surface area contributed by atoms with Crippen LogP contribution in [0.25, 0.3) is 0 Å². The van der Waals surface area contributed by atoms with Crippen LogP contribution in [0.1, 0.15) is 39.2 Å². The molecule has 2 aliphatic rings. The summed E-state index contributed by atoms with van der Waals surface area (Å²) in [6.45, 7) is 6.52. The molecule has 0 aromatic heterocycles. The third kappa shape index (κ3) is 2.65. The Balaban J connectivity index is 1.84. The molecule has 1 saturated heterocycles. The zero-order valence-corrected chi connectivity index (χ0v) is 15.3. The van der Waals surface area contributed by atoms with Gasteiger partial charge in [0.15, 0.2) is 0 Å². The molecule has 1 fully saturated rings. The van der Waals surface area contributed by atoms with Crippen LogP contribution < -0.4 is 4.90 Å². The number of likely N-dealkylation sites (N-methyl/N-ethyl adjacent to an activating group) is 1. The number of carbonyl (C=O) groups is 2. The predicted molar refractivity (Wildman–Crippen MR) is 93.6 cm³/mol. The molecular weight excluding hydrogens is 328 g/mol. The van der Waals surface area contributed by atoms with Gasteiger partial charge in [-0.2, -0.15) is 0 Å². The summed E-state index contributed by atoms with van der Waals surface area (Å²) in [6, 6.07) is 5.61. The Hall–Kier alpha value is -1.75. The van der Waals surface area contributed by atoms with E-state index in [0.29, 0.717) is 31.0 Å². The van der Waals surface area contributed by atoms with E-state index in [2.05, 4.69) is 0 Å². The Labute approximate surface area is 147 Å². The molecule has 0 N–H and O–H groups in total. The van der Waals surface area contributed by atoms with Crippen LogP contribution in [0.3, 0.4) is 0 Å². The normalized spacial score (nSPS) is 19.6. The van der Waals surface area contributed by atoms with Crippen LogP contribution in [0, 0.1) is 0 Å². The zero-order chi connectivity index (χ0) is 17.7. The van der Waals surface area contributed by atoms with Crippen molar-refractivity contribution < 1.29 is 14.3 Å². The Kier molecular flexibility index (Phi) is 4.03. The molecule has 1 spiro atoms. The summed E-state index contributed by atoms with van der Waals surface area (Å²) < 4.78 is 5.43. The maximum Gasteiger partial charge on any atom is 0.410 e. The molecule has 130 valence electrons. The maximum absolute atomic E-state index is 12.9. The third-order valence-electron chi connectivity index (χ3n) is 4.81. The van der Waals surface area contributed by atoms with Crippen LogP contribution in [0.2, 0.25) is 5.02 Å². The molecule has 2 amide bonds. The average molecular weight is 351 g/mol. The van der Waals surface area contributed by atoms with E-state index in [4.69, 9.17) is 16.3 Å². The fraction of sp³-hybridized carbons (Fsp3) is 0.556. The fourth-order valence-corrected chi connectivity index (χ4v) is 4.02. The molecule has 1 aromatic rings. The van der Waals surface area contributed by atoms with E-state index in [0.717, 1.165) is 11.3 Å². The zero-order valence-electron chi connectivity index (χ0n) is 14.6. The van der Waals surface area contributed by atoms with E-state index in [-0.39, 0.29) is 12.0 Å². The summed E-state index contributed by atoms with van der Waals surface area (Å²) in [7, 11) is 1.78. The number of hydrogen-bond donors (Lipinski definition) is 0. The lowest BCUT2D eigenvalue weighted by Crippen LogP contribution is -2.50. The van der Waals surface area contributed by atoms with E-state index in [1.54, 1.807) is 16.8 Å². The number of rotatable bonds is 0. The molecule has 2 heterocycles. The quantitative estimate of drug-likeness (QED) is 0.718. The van der Waals surface area contributed by atoms with Gasteiger partial charge in [-0.1, -0.05) is 17.7 Å². The van der Waals surface area contributed by atoms with Crippen molar-refractivity contribution in [3.05, 3.63) is 28.8 Å². The average Bonchev–Trinajstić information content (AvgIpc) is 2.70. The van der Waals surface area contributed by atoms with Crippen LogP contribution >= 0.6 is 11.6 Å². The molecule has 1 aromatic carbocycles. The van der Waals surface area contributed by atoms with Crippen molar-refractivity contribution in [3.8, 4) is 0 Å². The van der Waals surface area contributed by atoms with Gasteiger partial charge < -0.3 is 14.5 Å². The smallest absolute Gasteiger partial charge is 0.410 e. The number of fused-ring (bicyclic) bond motifs is 2. The summed E-state index contributed by atoms with van der Waals surface area (Å²) in [5, 5.41) is 0.621. The lowest BCUT2D eigenvalue weighted by atomic mass is 9.73. The van der Waals surface area contributed by atoms with E-state index >= 15 is 0 Å². The van der Waals surface area contributed by atoms with Crippen molar-refractivity contribution in [2.45, 2.75) is 44.6 Å². The number of hydrogen-bond acceptors (Lipinski definition) is 3. The number of amides is 2. The Morgan fingerprint density at radius 2 is 1.88 bits per heavy atom. The molecular formula is C18H23ClN2O3. The summed E-state index contributed by atoms with van der Waals surface area (Å²) in [6.07, 6.45) is 0.800. The van der Waals surface area contributed by atoms with Crippen LogP contribution in [0.4, 0.5) is 10.5 Å². The highest BCUT2D eigenvalue weighted by molar-refractivity contribution is 6.33. The van der Waals surface area contributed by atoms with Gasteiger partial charge in [0.05, 0.1) is 5.41 Å². The van der Waals surface area contributed by atoms with Crippen molar-refractivity contribution in [1.82, 2.24) is 4.90 Å². The van der Waals surface area contributed by atoms with Gasteiger partial charge in [-0.05, 0) is 45.7 Å². The van der Waals surface area contributed by atoms with Crippen molar-refractivity contribution in [2.75, 3.05) is 25.0 Å². The van der Waals surface area contributed by atoms with Crippen molar-refractivity contribution in [2.24, 2.45) is 0 Å². The molecule has 0 saturated carbocycles. The van der Waals surface area contributed by atoms with E-state index in [9.17, 15) is 9.59 Å². The van der Waals surface area contributed by atoms with Crippen LogP contribution in [0.15, 0.2) is 18.2 Å². The largest absolute Gasteiger partial charge is 0.444 e. The Morgan fingerprint density at radius 1 is 1.25 bits per heavy atom. The molecule has 24 heavy (non-hydrogen) atoms. The fourth-order valence-electron chi connectivity index (χ4n) is 3.66. The van der Waals surface area contributed by atoms with E-state index in [1.165, 1.54) is 0 Å². The van der Waals surface area contributed by atoms with Gasteiger partial charge in [0.1, 0.15) is 5.60 Å². The number of halogens is 1. The highest BCUT2D eigenvalue weighted by Gasteiger charge is 2.52. The molecule has 0 unspecified atom stereocenters. The Bertz CT molecular complexity index is 688. The number of carbonyl (C=O) groups excluding carboxylic acids is 2. The topological polar surface area (TPSA) is 49.9 Å². The van der Waals surface area contributed by atoms with Crippen molar-refractivity contribution >= 4 is 29.3 Å². The first-order chi connectivity index (χ1) is 11.2. The summed E-state index contributed by atoms with van der Waals surface area (Å²) in [5.74, 6) is 0.0643. The Morgan fingerprint density at radius 3 is 2.46 bits per heavy atom. The number of likely N-dealkylation sites (tertiary alicyclic amines) is 1. The summed E-state index contributed by atoms with van der Waals surface area (Å²) in [4.78, 5) is 28.6. The standard InChI is InChI=1S/C18H23ClN2O3/c1-17(2,3)24-16(23)21-10-8-18(9-11-21)14-12(19)6-5-7-13(14)20(4)15(18)22/h5-7H,8-11H2,1-4H3. The molecule has 0 radical (unpaired) electrons. The van der Waals surface area contributed by atoms with Gasteiger partial charge in [-0.25, -0.2) is 4.79 Å². The summed E-state index contributed by atoms with van der Waals surface area (Å²) in [5.41, 5.74) is 0.633. The molecule has 0 atom stereocenters. The predicted octanol–water partition coefficient (Wildman–Crippen LogP) is 3.59. The van der Waals surface area contributed by atoms with Crippen LogP contribution in [0.5, 0.6) is 0 Å². The summed E-state index contributed by atoms with van der Waals surface area (Å²) >= 11 is 6.43. The van der Waals surface area contributed by atoms with E-state index < -0.39 is 11.0 Å². The van der Waals surface area contributed by atoms with Crippen LogP contribution in [-0.2, 0) is 14.9 Å². The molecule has 0 bridgehead atoms. The molecule has 5 nitrogen and oxygen atoms in total.